The van der Waals surface area contributed by atoms with Gasteiger partial charge in [-0.3, -0.25) is 0 Å². The molecule has 1 aliphatic heterocycles. The molecule has 2 aliphatic rings. The van der Waals surface area contributed by atoms with Crippen LogP contribution >= 0.6 is 0 Å². The summed E-state index contributed by atoms with van der Waals surface area (Å²) in [5.74, 6) is -1.14. The van der Waals surface area contributed by atoms with Gasteiger partial charge in [-0.15, -0.1) is 10.2 Å². The summed E-state index contributed by atoms with van der Waals surface area (Å²) in [4.78, 5) is 11.5. The highest BCUT2D eigenvalue weighted by Crippen LogP contribution is 2.40. The van der Waals surface area contributed by atoms with Crippen molar-refractivity contribution in [2.75, 3.05) is 25.1 Å². The van der Waals surface area contributed by atoms with Crippen LogP contribution in [0.5, 0.6) is 11.5 Å². The van der Waals surface area contributed by atoms with E-state index < -0.39 is 22.8 Å². The molecule has 1 saturated carbocycles. The molecule has 37 heavy (non-hydrogen) atoms. The Balaban J connectivity index is 1.27. The first-order valence-electron chi connectivity index (χ1n) is 11.9. The molecule has 6 rings (SSSR count). The van der Waals surface area contributed by atoms with Crippen molar-refractivity contribution in [3.05, 3.63) is 48.1 Å². The highest BCUT2D eigenvalue weighted by atomic mass is 19.1. The largest absolute Gasteiger partial charge is 0.464 e. The van der Waals surface area contributed by atoms with Gasteiger partial charge >= 0.3 is 0 Å². The predicted molar refractivity (Wildman–Crippen MR) is 129 cm³/mol. The molecule has 0 spiro atoms. The zero-order valence-electron chi connectivity index (χ0n) is 19.9. The van der Waals surface area contributed by atoms with Gasteiger partial charge in [-0.2, -0.15) is 0 Å². The normalized spacial score (nSPS) is 19.8. The fraction of sp³-hybridized carbons (Fsp3) is 0.360. The van der Waals surface area contributed by atoms with Crippen molar-refractivity contribution < 1.29 is 27.8 Å². The maximum Gasteiger partial charge on any atom is 0.289 e. The third-order valence-electron chi connectivity index (χ3n) is 6.67. The van der Waals surface area contributed by atoms with Crippen LogP contribution < -0.4 is 10.1 Å². The van der Waals surface area contributed by atoms with Gasteiger partial charge < -0.3 is 29.3 Å². The van der Waals surface area contributed by atoms with Gasteiger partial charge in [0.05, 0.1) is 24.1 Å². The summed E-state index contributed by atoms with van der Waals surface area (Å²) >= 11 is 0. The van der Waals surface area contributed by atoms with E-state index in [0.29, 0.717) is 29.0 Å². The monoisotopic (exact) mass is 510 g/mol. The molecule has 1 atom stereocenters. The zero-order chi connectivity index (χ0) is 25.6. The lowest BCUT2D eigenvalue weighted by Crippen LogP contribution is -2.38. The molecule has 3 aromatic heterocycles. The van der Waals surface area contributed by atoms with Crippen LogP contribution in [0.2, 0.25) is 0 Å². The summed E-state index contributed by atoms with van der Waals surface area (Å²) < 4.78 is 47.2. The number of aliphatic hydroxyl groups excluding tert-OH is 1. The number of H-pyrrole nitrogens is 1. The van der Waals surface area contributed by atoms with E-state index in [2.05, 4.69) is 30.5 Å². The SMILES string of the molecule is C[C@]1(CO)CN=C(Nc2cc(F)c(Oc3ccnc4[nH]cc(-c5nnc(C6CCC6)o5)c34)c(F)c2)OC1. The Labute approximate surface area is 209 Å². The number of amidine groups is 1. The number of rotatable bonds is 6. The van der Waals surface area contributed by atoms with Gasteiger partial charge in [0.2, 0.25) is 11.8 Å². The molecule has 12 heteroatoms. The highest BCUT2D eigenvalue weighted by molar-refractivity contribution is 5.96. The second kappa shape index (κ2) is 9.11. The van der Waals surface area contributed by atoms with Crippen molar-refractivity contribution in [3.63, 3.8) is 0 Å². The molecule has 10 nitrogen and oxygen atoms in total. The summed E-state index contributed by atoms with van der Waals surface area (Å²) in [6, 6.07) is 3.80. The molecule has 0 amide bonds. The second-order valence-electron chi connectivity index (χ2n) is 9.68. The molecule has 0 unspecified atom stereocenters. The lowest BCUT2D eigenvalue weighted by atomic mass is 9.85. The fourth-order valence-corrected chi connectivity index (χ4v) is 4.17. The minimum atomic E-state index is -0.925. The van der Waals surface area contributed by atoms with Gasteiger partial charge in [-0.05, 0) is 18.9 Å². The molecule has 1 aromatic carbocycles. The zero-order valence-corrected chi connectivity index (χ0v) is 19.9. The number of fused-ring (bicyclic) bond motifs is 1. The molecule has 192 valence electrons. The van der Waals surface area contributed by atoms with Gasteiger partial charge in [0.15, 0.2) is 17.4 Å². The molecule has 0 bridgehead atoms. The fourth-order valence-electron chi connectivity index (χ4n) is 4.17. The van der Waals surface area contributed by atoms with Gasteiger partial charge in [0.25, 0.3) is 6.02 Å². The van der Waals surface area contributed by atoms with E-state index in [1.807, 2.05) is 6.92 Å². The summed E-state index contributed by atoms with van der Waals surface area (Å²) in [6.07, 6.45) is 6.27. The Morgan fingerprint density at radius 1 is 1.24 bits per heavy atom. The maximum atomic E-state index is 15.0. The van der Waals surface area contributed by atoms with Crippen molar-refractivity contribution in [1.29, 1.82) is 0 Å². The lowest BCUT2D eigenvalue weighted by Gasteiger charge is -2.30. The Hall–Kier alpha value is -4.06. The van der Waals surface area contributed by atoms with Gasteiger partial charge in [-0.25, -0.2) is 18.8 Å². The Bertz CT molecular complexity index is 1470. The maximum absolute atomic E-state index is 15.0. The molecular formula is C25H24F2N6O4. The van der Waals surface area contributed by atoms with Crippen molar-refractivity contribution >= 4 is 22.7 Å². The van der Waals surface area contributed by atoms with Crippen molar-refractivity contribution in [2.24, 2.45) is 10.4 Å². The molecule has 0 saturated heterocycles. The third kappa shape index (κ3) is 4.37. The van der Waals surface area contributed by atoms with Crippen LogP contribution in [0, 0.1) is 17.0 Å². The Kier molecular flexibility index (Phi) is 5.75. The number of ether oxygens (including phenoxy) is 2. The van der Waals surface area contributed by atoms with E-state index in [4.69, 9.17) is 13.9 Å². The second-order valence-corrected chi connectivity index (χ2v) is 9.68. The number of aliphatic hydroxyl groups is 1. The summed E-state index contributed by atoms with van der Waals surface area (Å²) in [5.41, 5.74) is 0.576. The first kappa shape index (κ1) is 23.3. The van der Waals surface area contributed by atoms with E-state index in [9.17, 15) is 5.11 Å². The van der Waals surface area contributed by atoms with Crippen molar-refractivity contribution in [1.82, 2.24) is 20.2 Å². The van der Waals surface area contributed by atoms with E-state index >= 15 is 8.78 Å². The van der Waals surface area contributed by atoms with Gasteiger partial charge in [0.1, 0.15) is 18.0 Å². The first-order chi connectivity index (χ1) is 17.9. The number of hydrogen-bond donors (Lipinski definition) is 3. The number of pyridine rings is 1. The van der Waals surface area contributed by atoms with Crippen LogP contribution in [0.3, 0.4) is 0 Å². The molecule has 1 aliphatic carbocycles. The number of nitrogens with zero attached hydrogens (tertiary/aromatic N) is 4. The Morgan fingerprint density at radius 3 is 2.73 bits per heavy atom. The number of aromatic amines is 1. The number of hydrogen-bond acceptors (Lipinski definition) is 9. The molecule has 4 heterocycles. The van der Waals surface area contributed by atoms with Crippen LogP contribution in [0.4, 0.5) is 14.5 Å². The number of aromatic nitrogens is 4. The van der Waals surface area contributed by atoms with Crippen molar-refractivity contribution in [2.45, 2.75) is 32.1 Å². The first-order valence-corrected chi connectivity index (χ1v) is 11.9. The topological polar surface area (TPSA) is 131 Å². The smallest absolute Gasteiger partial charge is 0.289 e. The minimum Gasteiger partial charge on any atom is -0.464 e. The minimum absolute atomic E-state index is 0.0849. The highest BCUT2D eigenvalue weighted by Gasteiger charge is 2.30. The van der Waals surface area contributed by atoms with E-state index in [1.165, 1.54) is 12.3 Å². The van der Waals surface area contributed by atoms with Crippen LogP contribution in [0.1, 0.15) is 38.0 Å². The van der Waals surface area contributed by atoms with Crippen molar-refractivity contribution in [3.8, 4) is 23.0 Å². The number of halogens is 2. The lowest BCUT2D eigenvalue weighted by molar-refractivity contribution is 0.0706. The van der Waals surface area contributed by atoms with Gasteiger partial charge in [0, 0.05) is 41.5 Å². The van der Waals surface area contributed by atoms with E-state index in [0.717, 1.165) is 31.4 Å². The summed E-state index contributed by atoms with van der Waals surface area (Å²) in [5, 5.41) is 21.0. The average molecular weight is 511 g/mol. The van der Waals surface area contributed by atoms with Crippen LogP contribution in [0.25, 0.3) is 22.5 Å². The van der Waals surface area contributed by atoms with Crippen LogP contribution in [-0.4, -0.2) is 51.1 Å². The van der Waals surface area contributed by atoms with E-state index in [1.54, 1.807) is 6.20 Å². The molecule has 1 fully saturated rings. The number of anilines is 1. The number of nitrogens with one attached hydrogen (secondary N) is 2. The number of aliphatic imine (C=N–C) groups is 1. The predicted octanol–water partition coefficient (Wildman–Crippen LogP) is 4.75. The quantitative estimate of drug-likeness (QED) is 0.339. The average Bonchev–Trinajstić information content (AvgIpc) is 3.50. The molecule has 0 radical (unpaired) electrons. The van der Waals surface area contributed by atoms with Crippen LogP contribution in [0.15, 0.2) is 40.0 Å². The number of benzene rings is 1. The standard InChI is InChI=1S/C25H24F2N6O4/c1-25(11-34)10-30-24(35-12-25)31-14-7-16(26)20(17(27)8-14)36-18-5-6-28-21-19(18)15(9-29-21)23-33-32-22(37-23)13-3-2-4-13/h5-9,13,34H,2-4,10-12H2,1H3,(H,28,29)(H,30,31)/t25-/m1/s1. The van der Waals surface area contributed by atoms with Crippen LogP contribution in [-0.2, 0) is 4.74 Å². The third-order valence-corrected chi connectivity index (χ3v) is 6.67. The summed E-state index contributed by atoms with van der Waals surface area (Å²) in [7, 11) is 0. The summed E-state index contributed by atoms with van der Waals surface area (Å²) in [6.45, 7) is 2.28. The molecular weight excluding hydrogens is 486 g/mol. The van der Waals surface area contributed by atoms with E-state index in [-0.39, 0.29) is 42.5 Å². The Morgan fingerprint density at radius 2 is 2.05 bits per heavy atom. The molecule has 4 aromatic rings. The van der Waals surface area contributed by atoms with Gasteiger partial charge in [-0.1, -0.05) is 13.3 Å². The molecule has 3 N–H and O–H groups in total.